The molecule has 1 aromatic heterocycles. The average molecular weight is 251 g/mol. The summed E-state index contributed by atoms with van der Waals surface area (Å²) >= 11 is 0. The maximum absolute atomic E-state index is 11.0. The molecule has 1 heterocycles. The smallest absolute Gasteiger partial charge is 0.354 e. The van der Waals surface area contributed by atoms with Crippen molar-refractivity contribution in [3.8, 4) is 0 Å². The van der Waals surface area contributed by atoms with Crippen molar-refractivity contribution in [2.24, 2.45) is 5.73 Å². The first-order valence-corrected chi connectivity index (χ1v) is 5.78. The van der Waals surface area contributed by atoms with Gasteiger partial charge in [-0.15, -0.1) is 0 Å². The minimum absolute atomic E-state index is 0.0378. The van der Waals surface area contributed by atoms with Crippen molar-refractivity contribution in [2.45, 2.75) is 19.8 Å². The molecule has 1 aromatic rings. The van der Waals surface area contributed by atoms with Crippen LogP contribution in [0.25, 0.3) is 0 Å². The lowest BCUT2D eigenvalue weighted by Crippen LogP contribution is -2.35. The highest BCUT2D eigenvalue weighted by atomic mass is 16.4. The van der Waals surface area contributed by atoms with Crippen LogP contribution in [0.1, 0.15) is 30.3 Å². The Morgan fingerprint density at radius 1 is 1.44 bits per heavy atom. The third-order valence-electron chi connectivity index (χ3n) is 2.41. The Labute approximate surface area is 105 Å². The standard InChI is InChI=1S/C12H17N3O3/c1-2-3-7-15(8-10(13)16)11-6-4-5-9(14-11)12(17)18/h4-6H,2-3,7-8H2,1H3,(H2,13,16)(H,17,18). The fourth-order valence-corrected chi connectivity index (χ4v) is 1.53. The van der Waals surface area contributed by atoms with E-state index in [4.69, 9.17) is 10.8 Å². The van der Waals surface area contributed by atoms with Crippen LogP contribution in [0.15, 0.2) is 18.2 Å². The molecule has 3 N–H and O–H groups in total. The summed E-state index contributed by atoms with van der Waals surface area (Å²) in [4.78, 5) is 27.5. The van der Waals surface area contributed by atoms with Gasteiger partial charge in [0.05, 0.1) is 6.54 Å². The minimum atomic E-state index is -1.09. The molecule has 0 saturated carbocycles. The molecule has 1 rings (SSSR count). The number of aromatic carboxylic acids is 1. The number of primary amides is 1. The van der Waals surface area contributed by atoms with Crippen molar-refractivity contribution in [2.75, 3.05) is 18.0 Å². The normalized spacial score (nSPS) is 10.1. The Hall–Kier alpha value is -2.11. The molecule has 0 atom stereocenters. The van der Waals surface area contributed by atoms with E-state index in [2.05, 4.69) is 4.98 Å². The summed E-state index contributed by atoms with van der Waals surface area (Å²) in [6.45, 7) is 2.69. The second kappa shape index (κ2) is 6.58. The predicted octanol–water partition coefficient (Wildman–Crippen LogP) is 0.872. The number of anilines is 1. The molecule has 0 fully saturated rings. The third-order valence-corrected chi connectivity index (χ3v) is 2.41. The van der Waals surface area contributed by atoms with Gasteiger partial charge in [0.2, 0.25) is 5.91 Å². The quantitative estimate of drug-likeness (QED) is 0.749. The highest BCUT2D eigenvalue weighted by Gasteiger charge is 2.12. The fraction of sp³-hybridized carbons (Fsp3) is 0.417. The number of aromatic nitrogens is 1. The Kier molecular flexibility index (Phi) is 5.10. The van der Waals surface area contributed by atoms with Gasteiger partial charge in [-0.25, -0.2) is 9.78 Å². The summed E-state index contributed by atoms with van der Waals surface area (Å²) in [5.74, 6) is -1.10. The fourth-order valence-electron chi connectivity index (χ4n) is 1.53. The zero-order chi connectivity index (χ0) is 13.5. The molecule has 0 aliphatic rings. The molecule has 0 aliphatic carbocycles. The second-order valence-corrected chi connectivity index (χ2v) is 3.93. The third kappa shape index (κ3) is 4.04. The van der Waals surface area contributed by atoms with Gasteiger partial charge in [0.25, 0.3) is 0 Å². The number of carbonyl (C=O) groups is 2. The first-order valence-electron chi connectivity index (χ1n) is 5.78. The highest BCUT2D eigenvalue weighted by molar-refractivity contribution is 5.86. The second-order valence-electron chi connectivity index (χ2n) is 3.93. The SMILES string of the molecule is CCCCN(CC(N)=O)c1cccc(C(=O)O)n1. The average Bonchev–Trinajstić information content (AvgIpc) is 2.34. The van der Waals surface area contributed by atoms with Gasteiger partial charge in [0.15, 0.2) is 5.69 Å². The van der Waals surface area contributed by atoms with Crippen LogP contribution in [-0.2, 0) is 4.79 Å². The molecular weight excluding hydrogens is 234 g/mol. The lowest BCUT2D eigenvalue weighted by atomic mass is 10.3. The molecule has 98 valence electrons. The molecular formula is C12H17N3O3. The van der Waals surface area contributed by atoms with Crippen LogP contribution in [-0.4, -0.2) is 35.1 Å². The molecule has 0 bridgehead atoms. The van der Waals surface area contributed by atoms with Crippen molar-refractivity contribution >= 4 is 17.7 Å². The number of nitrogens with two attached hydrogens (primary N) is 1. The van der Waals surface area contributed by atoms with Crippen LogP contribution in [0.5, 0.6) is 0 Å². The number of nitrogens with zero attached hydrogens (tertiary/aromatic N) is 2. The number of carbonyl (C=O) groups excluding carboxylic acids is 1. The Bertz CT molecular complexity index is 434. The van der Waals surface area contributed by atoms with E-state index in [-0.39, 0.29) is 12.2 Å². The van der Waals surface area contributed by atoms with Gasteiger partial charge in [-0.05, 0) is 18.6 Å². The van der Waals surface area contributed by atoms with Crippen molar-refractivity contribution in [3.63, 3.8) is 0 Å². The molecule has 0 saturated heterocycles. The first kappa shape index (κ1) is 14.0. The molecule has 0 aromatic carbocycles. The number of hydrogen-bond acceptors (Lipinski definition) is 4. The summed E-state index contributed by atoms with van der Waals surface area (Å²) < 4.78 is 0. The zero-order valence-electron chi connectivity index (χ0n) is 10.3. The largest absolute Gasteiger partial charge is 0.477 e. The number of rotatable bonds is 7. The van der Waals surface area contributed by atoms with Crippen molar-refractivity contribution < 1.29 is 14.7 Å². The summed E-state index contributed by atoms with van der Waals surface area (Å²) in [6, 6.07) is 4.69. The predicted molar refractivity (Wildman–Crippen MR) is 67.5 cm³/mol. The summed E-state index contributed by atoms with van der Waals surface area (Å²) in [5.41, 5.74) is 5.13. The first-order chi connectivity index (χ1) is 8.54. The van der Waals surface area contributed by atoms with Gasteiger partial charge in [0.1, 0.15) is 5.82 Å². The number of carboxylic acids is 1. The van der Waals surface area contributed by atoms with E-state index in [1.165, 1.54) is 6.07 Å². The van der Waals surface area contributed by atoms with Crippen LogP contribution in [0.4, 0.5) is 5.82 Å². The molecule has 6 nitrogen and oxygen atoms in total. The van der Waals surface area contributed by atoms with Crippen LogP contribution < -0.4 is 10.6 Å². The molecule has 1 amide bonds. The molecule has 0 aliphatic heterocycles. The summed E-state index contributed by atoms with van der Waals surface area (Å²) in [6.07, 6.45) is 1.85. The molecule has 0 unspecified atom stereocenters. The van der Waals surface area contributed by atoms with E-state index in [0.29, 0.717) is 12.4 Å². The van der Waals surface area contributed by atoms with E-state index in [1.54, 1.807) is 17.0 Å². The number of pyridine rings is 1. The van der Waals surface area contributed by atoms with Gasteiger partial charge in [0, 0.05) is 6.54 Å². The number of unbranched alkanes of at least 4 members (excludes halogenated alkanes) is 1. The number of hydrogen-bond donors (Lipinski definition) is 2. The topological polar surface area (TPSA) is 96.5 Å². The minimum Gasteiger partial charge on any atom is -0.477 e. The highest BCUT2D eigenvalue weighted by Crippen LogP contribution is 2.12. The van der Waals surface area contributed by atoms with Crippen molar-refractivity contribution in [3.05, 3.63) is 23.9 Å². The lowest BCUT2D eigenvalue weighted by molar-refractivity contribution is -0.116. The number of carboxylic acid groups (broad SMARTS) is 1. The molecule has 6 heteroatoms. The molecule has 0 spiro atoms. The molecule has 0 radical (unpaired) electrons. The van der Waals surface area contributed by atoms with Gasteiger partial charge in [-0.3, -0.25) is 4.79 Å². The van der Waals surface area contributed by atoms with Crippen LogP contribution in [0, 0.1) is 0 Å². The van der Waals surface area contributed by atoms with Crippen LogP contribution in [0.3, 0.4) is 0 Å². The van der Waals surface area contributed by atoms with Crippen molar-refractivity contribution in [1.29, 1.82) is 0 Å². The Morgan fingerprint density at radius 3 is 2.72 bits per heavy atom. The van der Waals surface area contributed by atoms with E-state index >= 15 is 0 Å². The van der Waals surface area contributed by atoms with E-state index in [9.17, 15) is 9.59 Å². The van der Waals surface area contributed by atoms with Gasteiger partial charge >= 0.3 is 5.97 Å². The van der Waals surface area contributed by atoms with Gasteiger partial charge < -0.3 is 15.7 Å². The number of amides is 1. The summed E-state index contributed by atoms with van der Waals surface area (Å²) in [5, 5.41) is 8.88. The van der Waals surface area contributed by atoms with Gasteiger partial charge in [-0.2, -0.15) is 0 Å². The summed E-state index contributed by atoms with van der Waals surface area (Å²) in [7, 11) is 0. The Balaban J connectivity index is 2.92. The maximum atomic E-state index is 11.0. The van der Waals surface area contributed by atoms with E-state index in [1.807, 2.05) is 6.92 Å². The van der Waals surface area contributed by atoms with Crippen LogP contribution in [0.2, 0.25) is 0 Å². The zero-order valence-corrected chi connectivity index (χ0v) is 10.3. The van der Waals surface area contributed by atoms with Crippen LogP contribution >= 0.6 is 0 Å². The monoisotopic (exact) mass is 251 g/mol. The van der Waals surface area contributed by atoms with E-state index in [0.717, 1.165) is 12.8 Å². The maximum Gasteiger partial charge on any atom is 0.354 e. The van der Waals surface area contributed by atoms with Gasteiger partial charge in [-0.1, -0.05) is 19.4 Å². The van der Waals surface area contributed by atoms with Crippen molar-refractivity contribution in [1.82, 2.24) is 4.98 Å². The van der Waals surface area contributed by atoms with E-state index < -0.39 is 11.9 Å². The Morgan fingerprint density at radius 2 is 2.17 bits per heavy atom. The lowest BCUT2D eigenvalue weighted by Gasteiger charge is -2.22. The molecule has 18 heavy (non-hydrogen) atoms.